The van der Waals surface area contributed by atoms with Gasteiger partial charge in [-0.05, 0) is 30.9 Å². The van der Waals surface area contributed by atoms with Crippen LogP contribution >= 0.6 is 0 Å². The number of likely N-dealkylation sites (tertiary alicyclic amines) is 1. The highest BCUT2D eigenvalue weighted by Gasteiger charge is 2.39. The molecule has 1 N–H and O–H groups in total. The van der Waals surface area contributed by atoms with Crippen LogP contribution in [0.2, 0.25) is 0 Å². The van der Waals surface area contributed by atoms with Gasteiger partial charge in [0.2, 0.25) is 5.91 Å². The van der Waals surface area contributed by atoms with Gasteiger partial charge in [-0.3, -0.25) is 9.59 Å². The summed E-state index contributed by atoms with van der Waals surface area (Å²) in [5, 5.41) is 11.9. The molecule has 3 unspecified atom stereocenters. The van der Waals surface area contributed by atoms with Gasteiger partial charge in [0.05, 0.1) is 6.07 Å². The Morgan fingerprint density at radius 2 is 2.25 bits per heavy atom. The van der Waals surface area contributed by atoms with Crippen molar-refractivity contribution in [1.29, 1.82) is 5.26 Å². The van der Waals surface area contributed by atoms with E-state index < -0.39 is 11.7 Å². The van der Waals surface area contributed by atoms with Crippen LogP contribution in [0.1, 0.15) is 12.8 Å². The monoisotopic (exact) mass is 331 g/mol. The molecule has 126 valence electrons. The number of piperidine rings is 2. The van der Waals surface area contributed by atoms with Crippen molar-refractivity contribution in [1.82, 2.24) is 10.2 Å². The van der Waals surface area contributed by atoms with E-state index in [0.717, 1.165) is 0 Å². The molecule has 2 fully saturated rings. The van der Waals surface area contributed by atoms with Crippen LogP contribution in [0.4, 0.5) is 4.39 Å². The molecule has 2 saturated heterocycles. The first-order valence-electron chi connectivity index (χ1n) is 7.93. The number of carbonyl (C=O) groups excluding carboxylic acids is 2. The van der Waals surface area contributed by atoms with Crippen molar-refractivity contribution in [2.45, 2.75) is 18.9 Å². The summed E-state index contributed by atoms with van der Waals surface area (Å²) in [6.45, 7) is 0.757. The molecule has 2 heterocycles. The first-order valence-corrected chi connectivity index (χ1v) is 7.93. The quantitative estimate of drug-likeness (QED) is 0.898. The first kappa shape index (κ1) is 16.2. The number of benzene rings is 1. The topological polar surface area (TPSA) is 82.4 Å². The van der Waals surface area contributed by atoms with Gasteiger partial charge < -0.3 is 15.0 Å². The molecule has 0 bridgehead atoms. The highest BCUT2D eigenvalue weighted by Crippen LogP contribution is 2.28. The van der Waals surface area contributed by atoms with E-state index in [1.165, 1.54) is 12.1 Å². The summed E-state index contributed by atoms with van der Waals surface area (Å²) in [5.74, 6) is -1.48. The second kappa shape index (κ2) is 6.87. The average Bonchev–Trinajstić information content (AvgIpc) is 2.59. The smallest absolute Gasteiger partial charge is 0.260 e. The number of nitriles is 1. The van der Waals surface area contributed by atoms with Gasteiger partial charge in [-0.25, -0.2) is 4.39 Å². The van der Waals surface area contributed by atoms with Crippen LogP contribution in [0.5, 0.6) is 5.75 Å². The molecule has 2 amide bonds. The van der Waals surface area contributed by atoms with E-state index in [-0.39, 0.29) is 36.1 Å². The Morgan fingerprint density at radius 1 is 1.46 bits per heavy atom. The lowest BCUT2D eigenvalue weighted by Gasteiger charge is -2.42. The largest absolute Gasteiger partial charge is 0.481 e. The lowest BCUT2D eigenvalue weighted by atomic mass is 9.80. The molecule has 7 heteroatoms. The van der Waals surface area contributed by atoms with E-state index >= 15 is 0 Å². The van der Waals surface area contributed by atoms with E-state index in [9.17, 15) is 14.0 Å². The maximum absolute atomic E-state index is 13.5. The number of halogens is 1. The summed E-state index contributed by atoms with van der Waals surface area (Å²) in [5.41, 5.74) is 0. The Morgan fingerprint density at radius 3 is 3.00 bits per heavy atom. The van der Waals surface area contributed by atoms with E-state index in [4.69, 9.17) is 10.00 Å². The predicted molar refractivity (Wildman–Crippen MR) is 82.2 cm³/mol. The summed E-state index contributed by atoms with van der Waals surface area (Å²) >= 11 is 0. The van der Waals surface area contributed by atoms with Crippen LogP contribution in [0, 0.1) is 29.0 Å². The van der Waals surface area contributed by atoms with Crippen LogP contribution in [-0.2, 0) is 9.59 Å². The molecule has 24 heavy (non-hydrogen) atoms. The Balaban J connectivity index is 1.56. The van der Waals surface area contributed by atoms with Gasteiger partial charge >= 0.3 is 0 Å². The summed E-state index contributed by atoms with van der Waals surface area (Å²) in [7, 11) is 0. The standard InChI is InChI=1S/C17H18FN3O3/c18-13-3-1-2-4-15(13)24-10-16(22)21-6-5-14-12(9-21)7-11(8-19)17(23)20-14/h1-4,11-12,14H,5-7,9-10H2,(H,20,23). The highest BCUT2D eigenvalue weighted by atomic mass is 19.1. The van der Waals surface area contributed by atoms with Gasteiger partial charge in [0.25, 0.3) is 5.91 Å². The Labute approximate surface area is 139 Å². The number of carbonyl (C=O) groups is 2. The van der Waals surface area contributed by atoms with Crippen molar-refractivity contribution < 1.29 is 18.7 Å². The zero-order valence-corrected chi connectivity index (χ0v) is 13.1. The highest BCUT2D eigenvalue weighted by molar-refractivity contribution is 5.82. The second-order valence-corrected chi connectivity index (χ2v) is 6.14. The molecule has 0 saturated carbocycles. The third-order valence-electron chi connectivity index (χ3n) is 4.61. The van der Waals surface area contributed by atoms with Gasteiger partial charge in [-0.2, -0.15) is 5.26 Å². The van der Waals surface area contributed by atoms with Gasteiger partial charge in [0.15, 0.2) is 18.2 Å². The van der Waals surface area contributed by atoms with Crippen LogP contribution in [0.25, 0.3) is 0 Å². The maximum Gasteiger partial charge on any atom is 0.260 e. The van der Waals surface area contributed by atoms with Crippen LogP contribution in [0.15, 0.2) is 24.3 Å². The maximum atomic E-state index is 13.5. The number of amides is 2. The molecule has 2 aliphatic rings. The van der Waals surface area contributed by atoms with Crippen molar-refractivity contribution in [3.8, 4) is 11.8 Å². The Bertz CT molecular complexity index is 688. The molecule has 0 spiro atoms. The SMILES string of the molecule is N#CC1CC2CN(C(=O)COc3ccccc3F)CCC2NC1=O. The van der Waals surface area contributed by atoms with Gasteiger partial charge in [-0.15, -0.1) is 0 Å². The van der Waals surface area contributed by atoms with Crippen molar-refractivity contribution in [3.63, 3.8) is 0 Å². The number of rotatable bonds is 3. The van der Waals surface area contributed by atoms with Crippen molar-refractivity contribution in [2.75, 3.05) is 19.7 Å². The summed E-state index contributed by atoms with van der Waals surface area (Å²) < 4.78 is 18.8. The van der Waals surface area contributed by atoms with E-state index in [1.54, 1.807) is 17.0 Å². The molecule has 3 atom stereocenters. The van der Waals surface area contributed by atoms with Crippen molar-refractivity contribution in [3.05, 3.63) is 30.1 Å². The normalized spacial score (nSPS) is 26.1. The lowest BCUT2D eigenvalue weighted by Crippen LogP contribution is -2.57. The molecular weight excluding hydrogens is 313 g/mol. The molecule has 6 nitrogen and oxygen atoms in total. The number of fused-ring (bicyclic) bond motifs is 1. The molecule has 0 aliphatic carbocycles. The van der Waals surface area contributed by atoms with Crippen LogP contribution < -0.4 is 10.1 Å². The third-order valence-corrected chi connectivity index (χ3v) is 4.61. The molecule has 2 aliphatic heterocycles. The van der Waals surface area contributed by atoms with Gasteiger partial charge in [0, 0.05) is 19.1 Å². The fourth-order valence-corrected chi connectivity index (χ4v) is 3.28. The zero-order valence-electron chi connectivity index (χ0n) is 13.1. The lowest BCUT2D eigenvalue weighted by molar-refractivity contribution is -0.137. The minimum atomic E-state index is -0.657. The fraction of sp³-hybridized carbons (Fsp3) is 0.471. The predicted octanol–water partition coefficient (Wildman–Crippen LogP) is 1.08. The van der Waals surface area contributed by atoms with Crippen molar-refractivity contribution >= 4 is 11.8 Å². The Kier molecular flexibility index (Phi) is 4.65. The zero-order chi connectivity index (χ0) is 17.1. The van der Waals surface area contributed by atoms with Gasteiger partial charge in [0.1, 0.15) is 5.92 Å². The third kappa shape index (κ3) is 3.32. The number of nitrogens with zero attached hydrogens (tertiary/aromatic N) is 2. The van der Waals surface area contributed by atoms with E-state index in [2.05, 4.69) is 5.32 Å². The number of hydrogen-bond donors (Lipinski definition) is 1. The minimum absolute atomic E-state index is 0.0126. The summed E-state index contributed by atoms with van der Waals surface area (Å²) in [6, 6.07) is 7.96. The van der Waals surface area contributed by atoms with E-state index in [1.807, 2.05) is 6.07 Å². The van der Waals surface area contributed by atoms with Gasteiger partial charge in [-0.1, -0.05) is 12.1 Å². The second-order valence-electron chi connectivity index (χ2n) is 6.14. The molecule has 1 aromatic rings. The molecule has 0 aromatic heterocycles. The number of ether oxygens (including phenoxy) is 1. The number of para-hydroxylation sites is 1. The first-order chi connectivity index (χ1) is 11.6. The molecule has 0 radical (unpaired) electrons. The summed E-state index contributed by atoms with van der Waals surface area (Å²) in [4.78, 5) is 25.7. The summed E-state index contributed by atoms with van der Waals surface area (Å²) in [6.07, 6.45) is 1.12. The van der Waals surface area contributed by atoms with E-state index in [0.29, 0.717) is 25.9 Å². The van der Waals surface area contributed by atoms with Crippen LogP contribution in [0.3, 0.4) is 0 Å². The molecule has 3 rings (SSSR count). The van der Waals surface area contributed by atoms with Crippen molar-refractivity contribution in [2.24, 2.45) is 11.8 Å². The molecular formula is C17H18FN3O3. The Hall–Kier alpha value is -2.62. The minimum Gasteiger partial charge on any atom is -0.481 e. The fourth-order valence-electron chi connectivity index (χ4n) is 3.28. The molecule has 1 aromatic carbocycles. The van der Waals surface area contributed by atoms with Crippen LogP contribution in [-0.4, -0.2) is 42.5 Å². The number of hydrogen-bond acceptors (Lipinski definition) is 4. The average molecular weight is 331 g/mol. The number of nitrogens with one attached hydrogen (secondary N) is 1.